The lowest BCUT2D eigenvalue weighted by Gasteiger charge is -2.00. The van der Waals surface area contributed by atoms with Crippen molar-refractivity contribution in [2.45, 2.75) is 19.8 Å². The quantitative estimate of drug-likeness (QED) is 0.705. The second-order valence-electron chi connectivity index (χ2n) is 3.34. The minimum atomic E-state index is -0.982. The Balaban J connectivity index is 2.49. The Morgan fingerprint density at radius 3 is 2.78 bits per heavy atom. The molecular formula is C10H13N3O4S. The standard InChI is InChI=1S/C10H13N3O4S/c1-2-7(14)13-10-12-6(5-18-10)9(17)11-4-3-8(15)16/h5H,2-4H2,1H3,(H,11,17)(H,15,16)(H,12,13,14). The molecule has 1 heterocycles. The lowest BCUT2D eigenvalue weighted by Crippen LogP contribution is -2.26. The molecule has 0 spiro atoms. The molecule has 1 aromatic rings. The van der Waals surface area contributed by atoms with Crippen LogP contribution in [0.2, 0.25) is 0 Å². The van der Waals surface area contributed by atoms with E-state index < -0.39 is 11.9 Å². The van der Waals surface area contributed by atoms with Gasteiger partial charge in [-0.25, -0.2) is 4.98 Å². The second kappa shape index (κ2) is 6.70. The van der Waals surface area contributed by atoms with Gasteiger partial charge in [-0.05, 0) is 0 Å². The highest BCUT2D eigenvalue weighted by Crippen LogP contribution is 2.15. The van der Waals surface area contributed by atoms with E-state index in [1.165, 1.54) is 5.38 Å². The topological polar surface area (TPSA) is 108 Å². The summed E-state index contributed by atoms with van der Waals surface area (Å²) in [7, 11) is 0. The molecule has 0 aliphatic heterocycles. The molecule has 0 radical (unpaired) electrons. The van der Waals surface area contributed by atoms with Gasteiger partial charge in [0.25, 0.3) is 5.91 Å². The van der Waals surface area contributed by atoms with Gasteiger partial charge in [-0.15, -0.1) is 11.3 Å². The van der Waals surface area contributed by atoms with Gasteiger partial charge in [0.05, 0.1) is 6.42 Å². The highest BCUT2D eigenvalue weighted by Gasteiger charge is 2.11. The van der Waals surface area contributed by atoms with Crippen LogP contribution in [0, 0.1) is 0 Å². The first-order chi connectivity index (χ1) is 8.52. The van der Waals surface area contributed by atoms with Crippen molar-refractivity contribution in [1.29, 1.82) is 0 Å². The Hall–Kier alpha value is -1.96. The summed E-state index contributed by atoms with van der Waals surface area (Å²) in [5.41, 5.74) is 0.164. The van der Waals surface area contributed by atoms with E-state index in [4.69, 9.17) is 5.11 Å². The van der Waals surface area contributed by atoms with Crippen LogP contribution < -0.4 is 10.6 Å². The second-order valence-corrected chi connectivity index (χ2v) is 4.20. The maximum Gasteiger partial charge on any atom is 0.305 e. The molecule has 8 heteroatoms. The lowest BCUT2D eigenvalue weighted by molar-refractivity contribution is -0.136. The number of amides is 2. The van der Waals surface area contributed by atoms with Gasteiger partial charge < -0.3 is 15.7 Å². The summed E-state index contributed by atoms with van der Waals surface area (Å²) in [5.74, 6) is -1.61. The van der Waals surface area contributed by atoms with Gasteiger partial charge in [-0.3, -0.25) is 14.4 Å². The Bertz CT molecular complexity index is 458. The lowest BCUT2D eigenvalue weighted by atomic mass is 10.4. The molecule has 0 fully saturated rings. The molecule has 0 aliphatic rings. The first kappa shape index (κ1) is 14.1. The zero-order chi connectivity index (χ0) is 13.5. The molecule has 0 saturated heterocycles. The Labute approximate surface area is 107 Å². The van der Waals surface area contributed by atoms with Gasteiger partial charge in [0.2, 0.25) is 5.91 Å². The average molecular weight is 271 g/mol. The Morgan fingerprint density at radius 2 is 2.17 bits per heavy atom. The number of thiazole rings is 1. The number of nitrogens with zero attached hydrogens (tertiary/aromatic N) is 1. The summed E-state index contributed by atoms with van der Waals surface area (Å²) in [4.78, 5) is 36.8. The summed E-state index contributed by atoms with van der Waals surface area (Å²) in [5, 5.41) is 15.2. The zero-order valence-corrected chi connectivity index (χ0v) is 10.5. The van der Waals surface area contributed by atoms with E-state index in [0.29, 0.717) is 11.6 Å². The van der Waals surface area contributed by atoms with E-state index in [-0.39, 0.29) is 24.6 Å². The first-order valence-corrected chi connectivity index (χ1v) is 6.16. The van der Waals surface area contributed by atoms with Crippen LogP contribution in [0.3, 0.4) is 0 Å². The van der Waals surface area contributed by atoms with Crippen molar-refractivity contribution in [2.24, 2.45) is 0 Å². The molecule has 0 atom stereocenters. The molecule has 2 amide bonds. The number of nitrogens with one attached hydrogen (secondary N) is 2. The van der Waals surface area contributed by atoms with E-state index in [1.54, 1.807) is 6.92 Å². The molecule has 3 N–H and O–H groups in total. The number of rotatable bonds is 6. The predicted molar refractivity (Wildman–Crippen MR) is 65.6 cm³/mol. The Kier molecular flexibility index (Phi) is 5.25. The number of aromatic nitrogens is 1. The van der Waals surface area contributed by atoms with E-state index >= 15 is 0 Å². The predicted octanol–water partition coefficient (Wildman–Crippen LogP) is 0.696. The van der Waals surface area contributed by atoms with E-state index in [2.05, 4.69) is 15.6 Å². The van der Waals surface area contributed by atoms with Gasteiger partial charge in [-0.1, -0.05) is 6.92 Å². The minimum absolute atomic E-state index is 0.0440. The molecule has 0 aliphatic carbocycles. The number of hydrogen-bond acceptors (Lipinski definition) is 5. The van der Waals surface area contributed by atoms with Crippen LogP contribution >= 0.6 is 11.3 Å². The van der Waals surface area contributed by atoms with Crippen LogP contribution in [0.4, 0.5) is 5.13 Å². The molecular weight excluding hydrogens is 258 g/mol. The van der Waals surface area contributed by atoms with Crippen LogP contribution in [-0.2, 0) is 9.59 Å². The van der Waals surface area contributed by atoms with Gasteiger partial charge in [0, 0.05) is 18.3 Å². The van der Waals surface area contributed by atoms with Gasteiger partial charge >= 0.3 is 5.97 Å². The highest BCUT2D eigenvalue weighted by atomic mass is 32.1. The fourth-order valence-electron chi connectivity index (χ4n) is 1.02. The van der Waals surface area contributed by atoms with E-state index in [1.807, 2.05) is 0 Å². The van der Waals surface area contributed by atoms with E-state index in [9.17, 15) is 14.4 Å². The fourth-order valence-corrected chi connectivity index (χ4v) is 1.72. The van der Waals surface area contributed by atoms with Crippen molar-refractivity contribution in [3.05, 3.63) is 11.1 Å². The molecule has 18 heavy (non-hydrogen) atoms. The Morgan fingerprint density at radius 1 is 1.44 bits per heavy atom. The molecule has 0 unspecified atom stereocenters. The molecule has 0 saturated carbocycles. The largest absolute Gasteiger partial charge is 0.481 e. The minimum Gasteiger partial charge on any atom is -0.481 e. The number of hydrogen-bond donors (Lipinski definition) is 3. The number of carboxylic acids is 1. The number of aliphatic carboxylic acids is 1. The van der Waals surface area contributed by atoms with Crippen LogP contribution in [-0.4, -0.2) is 34.4 Å². The van der Waals surface area contributed by atoms with Gasteiger partial charge in [0.15, 0.2) is 5.13 Å². The summed E-state index contributed by atoms with van der Waals surface area (Å²) < 4.78 is 0. The number of carboxylic acid groups (broad SMARTS) is 1. The van der Waals surface area contributed by atoms with Crippen molar-refractivity contribution >= 4 is 34.3 Å². The monoisotopic (exact) mass is 271 g/mol. The van der Waals surface area contributed by atoms with Crippen molar-refractivity contribution in [1.82, 2.24) is 10.3 Å². The van der Waals surface area contributed by atoms with E-state index in [0.717, 1.165) is 11.3 Å². The number of carbonyl (C=O) groups excluding carboxylic acids is 2. The van der Waals surface area contributed by atoms with Crippen LogP contribution in [0.5, 0.6) is 0 Å². The van der Waals surface area contributed by atoms with Crippen LogP contribution in [0.25, 0.3) is 0 Å². The molecule has 0 bridgehead atoms. The smallest absolute Gasteiger partial charge is 0.305 e. The number of carbonyl (C=O) groups is 3. The molecule has 1 rings (SSSR count). The van der Waals surface area contributed by atoms with Crippen molar-refractivity contribution in [3.8, 4) is 0 Å². The summed E-state index contributed by atoms with van der Waals surface area (Å²) in [6, 6.07) is 0. The molecule has 1 aromatic heterocycles. The maximum atomic E-state index is 11.5. The number of anilines is 1. The molecule has 0 aromatic carbocycles. The molecule has 7 nitrogen and oxygen atoms in total. The fraction of sp³-hybridized carbons (Fsp3) is 0.400. The normalized spacial score (nSPS) is 9.83. The summed E-state index contributed by atoms with van der Waals surface area (Å²) >= 11 is 1.14. The first-order valence-electron chi connectivity index (χ1n) is 5.28. The zero-order valence-electron chi connectivity index (χ0n) is 9.73. The van der Waals surface area contributed by atoms with Crippen LogP contribution in [0.1, 0.15) is 30.3 Å². The maximum absolute atomic E-state index is 11.5. The van der Waals surface area contributed by atoms with Crippen molar-refractivity contribution in [2.75, 3.05) is 11.9 Å². The summed E-state index contributed by atoms with van der Waals surface area (Å²) in [6.07, 6.45) is 0.190. The third-order valence-corrected chi connectivity index (χ3v) is 2.69. The summed E-state index contributed by atoms with van der Waals surface area (Å²) in [6.45, 7) is 1.75. The average Bonchev–Trinajstić information content (AvgIpc) is 2.76. The molecule has 98 valence electrons. The third kappa shape index (κ3) is 4.50. The van der Waals surface area contributed by atoms with Crippen molar-refractivity contribution in [3.63, 3.8) is 0 Å². The van der Waals surface area contributed by atoms with Crippen LogP contribution in [0.15, 0.2) is 5.38 Å². The third-order valence-electron chi connectivity index (χ3n) is 1.93. The van der Waals surface area contributed by atoms with Gasteiger partial charge in [-0.2, -0.15) is 0 Å². The van der Waals surface area contributed by atoms with Crippen molar-refractivity contribution < 1.29 is 19.5 Å². The highest BCUT2D eigenvalue weighted by molar-refractivity contribution is 7.14. The van der Waals surface area contributed by atoms with Gasteiger partial charge in [0.1, 0.15) is 5.69 Å². The SMILES string of the molecule is CCC(=O)Nc1nc(C(=O)NCCC(=O)O)cs1.